The van der Waals surface area contributed by atoms with Crippen LogP contribution in [0.3, 0.4) is 0 Å². The van der Waals surface area contributed by atoms with Gasteiger partial charge >= 0.3 is 11.9 Å². The van der Waals surface area contributed by atoms with Crippen molar-refractivity contribution in [2.45, 2.75) is 0 Å². The number of aromatic amines is 1. The third kappa shape index (κ3) is 3.03. The second kappa shape index (κ2) is 5.71. The molecule has 0 saturated carbocycles. The molecule has 0 radical (unpaired) electrons. The predicted octanol–water partition coefficient (Wildman–Crippen LogP) is 1.30. The number of aromatic carboxylic acids is 1. The average Bonchev–Trinajstić information content (AvgIpc) is 2.95. The number of nitrogens with one attached hydrogen (secondary N) is 1. The van der Waals surface area contributed by atoms with Crippen LogP contribution in [0.2, 0.25) is 0 Å². The molecule has 1 aromatic heterocycles. The van der Waals surface area contributed by atoms with Gasteiger partial charge in [-0.1, -0.05) is 18.1 Å². The number of carboxylic acids is 1. The molecule has 2 aromatic rings. The Labute approximate surface area is 114 Å². The molecule has 0 bridgehead atoms. The van der Waals surface area contributed by atoms with Crippen molar-refractivity contribution in [2.75, 3.05) is 7.11 Å². The van der Waals surface area contributed by atoms with Gasteiger partial charge in [-0.3, -0.25) is 5.10 Å². The minimum Gasteiger partial charge on any atom is -0.477 e. The van der Waals surface area contributed by atoms with Gasteiger partial charge in [0.05, 0.1) is 12.8 Å². The van der Waals surface area contributed by atoms with E-state index in [9.17, 15) is 9.59 Å². The molecule has 0 aliphatic heterocycles. The minimum absolute atomic E-state index is 0.0227. The van der Waals surface area contributed by atoms with Crippen molar-refractivity contribution < 1.29 is 19.4 Å². The van der Waals surface area contributed by atoms with E-state index in [4.69, 9.17) is 5.11 Å². The number of hydrogen-bond donors (Lipinski definition) is 2. The maximum Gasteiger partial charge on any atom is 0.384 e. The molecule has 100 valence electrons. The zero-order valence-corrected chi connectivity index (χ0v) is 10.5. The van der Waals surface area contributed by atoms with Crippen LogP contribution in [0.5, 0.6) is 0 Å². The van der Waals surface area contributed by atoms with Crippen molar-refractivity contribution in [1.29, 1.82) is 0 Å². The van der Waals surface area contributed by atoms with Crippen molar-refractivity contribution in [3.63, 3.8) is 0 Å². The van der Waals surface area contributed by atoms with Gasteiger partial charge in [0.25, 0.3) is 0 Å². The Balaban J connectivity index is 2.20. The van der Waals surface area contributed by atoms with Crippen LogP contribution in [-0.4, -0.2) is 34.4 Å². The molecule has 0 aliphatic carbocycles. The third-order valence-corrected chi connectivity index (χ3v) is 2.48. The van der Waals surface area contributed by atoms with Crippen molar-refractivity contribution in [1.82, 2.24) is 10.2 Å². The molecule has 0 fully saturated rings. The second-order valence-electron chi connectivity index (χ2n) is 3.79. The lowest BCUT2D eigenvalue weighted by atomic mass is 10.1. The lowest BCUT2D eigenvalue weighted by Gasteiger charge is -1.96. The predicted molar refractivity (Wildman–Crippen MR) is 69.9 cm³/mol. The van der Waals surface area contributed by atoms with E-state index in [1.165, 1.54) is 13.2 Å². The molecule has 0 atom stereocenters. The lowest BCUT2D eigenvalue weighted by Crippen LogP contribution is -1.95. The minimum atomic E-state index is -1.07. The van der Waals surface area contributed by atoms with Gasteiger partial charge < -0.3 is 9.84 Å². The average molecular weight is 270 g/mol. The fourth-order valence-corrected chi connectivity index (χ4v) is 1.48. The van der Waals surface area contributed by atoms with Gasteiger partial charge in [-0.2, -0.15) is 5.10 Å². The van der Waals surface area contributed by atoms with Crippen LogP contribution in [0, 0.1) is 11.8 Å². The number of carbonyl (C=O) groups excluding carboxylic acids is 1. The summed E-state index contributed by atoms with van der Waals surface area (Å²) in [4.78, 5) is 21.6. The lowest BCUT2D eigenvalue weighted by molar-refractivity contribution is -0.133. The quantitative estimate of drug-likeness (QED) is 0.634. The van der Waals surface area contributed by atoms with Crippen LogP contribution >= 0.6 is 0 Å². The van der Waals surface area contributed by atoms with Crippen molar-refractivity contribution in [3.05, 3.63) is 41.6 Å². The fourth-order valence-electron chi connectivity index (χ4n) is 1.48. The van der Waals surface area contributed by atoms with E-state index >= 15 is 0 Å². The first-order valence-corrected chi connectivity index (χ1v) is 5.59. The molecule has 0 spiro atoms. The second-order valence-corrected chi connectivity index (χ2v) is 3.79. The molecular weight excluding hydrogens is 260 g/mol. The van der Waals surface area contributed by atoms with E-state index in [2.05, 4.69) is 26.8 Å². The van der Waals surface area contributed by atoms with Crippen LogP contribution in [0.25, 0.3) is 11.3 Å². The number of carboxylic acid groups (broad SMARTS) is 1. The van der Waals surface area contributed by atoms with Gasteiger partial charge in [0.2, 0.25) is 0 Å². The molecule has 20 heavy (non-hydrogen) atoms. The topological polar surface area (TPSA) is 92.3 Å². The van der Waals surface area contributed by atoms with Gasteiger partial charge in [-0.05, 0) is 18.2 Å². The van der Waals surface area contributed by atoms with Gasteiger partial charge in [0.15, 0.2) is 0 Å². The molecule has 6 heteroatoms. The molecule has 2 N–H and O–H groups in total. The van der Waals surface area contributed by atoms with Gasteiger partial charge in [-0.15, -0.1) is 0 Å². The first kappa shape index (κ1) is 13.4. The number of hydrogen-bond acceptors (Lipinski definition) is 4. The molecule has 0 amide bonds. The Hall–Kier alpha value is -3.07. The summed E-state index contributed by atoms with van der Waals surface area (Å²) in [6.45, 7) is 0. The summed E-state index contributed by atoms with van der Waals surface area (Å²) in [6.07, 6.45) is 0. The number of H-pyrrole nitrogens is 1. The molecule has 6 nitrogen and oxygen atoms in total. The molecule has 1 aromatic carbocycles. The fraction of sp³-hybridized carbons (Fsp3) is 0.0714. The van der Waals surface area contributed by atoms with Crippen LogP contribution in [0.4, 0.5) is 0 Å². The number of ether oxygens (including phenoxy) is 1. The monoisotopic (exact) mass is 270 g/mol. The van der Waals surface area contributed by atoms with Crippen LogP contribution < -0.4 is 0 Å². The molecule has 0 unspecified atom stereocenters. The largest absolute Gasteiger partial charge is 0.477 e. The molecule has 0 saturated heterocycles. The normalized spacial score (nSPS) is 9.45. The molecule has 1 heterocycles. The van der Waals surface area contributed by atoms with Crippen molar-refractivity contribution >= 4 is 11.9 Å². The highest BCUT2D eigenvalue weighted by atomic mass is 16.5. The van der Waals surface area contributed by atoms with Crippen LogP contribution in [0.15, 0.2) is 30.3 Å². The SMILES string of the molecule is COC(=O)C#Cc1ccc(-c2cc(C(=O)O)[nH]n2)cc1. The van der Waals surface area contributed by atoms with Crippen molar-refractivity contribution in [2.24, 2.45) is 0 Å². The number of esters is 1. The van der Waals surface area contributed by atoms with Crippen molar-refractivity contribution in [3.8, 4) is 23.1 Å². The van der Waals surface area contributed by atoms with Gasteiger partial charge in [0, 0.05) is 17.0 Å². The zero-order valence-electron chi connectivity index (χ0n) is 10.5. The smallest absolute Gasteiger partial charge is 0.384 e. The number of methoxy groups -OCH3 is 1. The standard InChI is InChI=1S/C14H10N2O4/c1-20-13(17)7-4-9-2-5-10(6-3-9)11-8-12(14(18)19)16-15-11/h2-3,5-6,8H,1H3,(H,15,16)(H,18,19). The molecule has 2 rings (SSSR count). The van der Waals surface area contributed by atoms with E-state index in [1.807, 2.05) is 0 Å². The number of nitrogens with zero attached hydrogens (tertiary/aromatic N) is 1. The summed E-state index contributed by atoms with van der Waals surface area (Å²) in [5.74, 6) is 3.30. The van der Waals surface area contributed by atoms with E-state index in [0.29, 0.717) is 11.3 Å². The molecule has 0 aliphatic rings. The Morgan fingerprint density at radius 3 is 2.55 bits per heavy atom. The summed E-state index contributed by atoms with van der Waals surface area (Å²) in [5.41, 5.74) is 1.94. The summed E-state index contributed by atoms with van der Waals surface area (Å²) in [6, 6.07) is 8.34. The highest BCUT2D eigenvalue weighted by molar-refractivity contribution is 5.89. The summed E-state index contributed by atoms with van der Waals surface area (Å²) in [7, 11) is 1.26. The maximum atomic E-state index is 10.9. The Bertz CT molecular complexity index is 705. The van der Waals surface area contributed by atoms with Crippen LogP contribution in [-0.2, 0) is 9.53 Å². The number of aromatic nitrogens is 2. The van der Waals surface area contributed by atoms with E-state index < -0.39 is 11.9 Å². The highest BCUT2D eigenvalue weighted by Gasteiger charge is 2.08. The first-order valence-electron chi connectivity index (χ1n) is 5.59. The van der Waals surface area contributed by atoms with E-state index in [-0.39, 0.29) is 5.69 Å². The van der Waals surface area contributed by atoms with E-state index in [1.54, 1.807) is 24.3 Å². The van der Waals surface area contributed by atoms with Gasteiger partial charge in [0.1, 0.15) is 5.69 Å². The summed E-state index contributed by atoms with van der Waals surface area (Å²) in [5, 5.41) is 15.1. The molecular formula is C14H10N2O4. The number of rotatable bonds is 2. The summed E-state index contributed by atoms with van der Waals surface area (Å²) < 4.78 is 4.41. The Morgan fingerprint density at radius 1 is 1.30 bits per heavy atom. The van der Waals surface area contributed by atoms with Crippen LogP contribution in [0.1, 0.15) is 16.1 Å². The number of carbonyl (C=O) groups is 2. The van der Waals surface area contributed by atoms with Gasteiger partial charge in [-0.25, -0.2) is 9.59 Å². The Kier molecular flexibility index (Phi) is 3.82. The summed E-state index contributed by atoms with van der Waals surface area (Å²) >= 11 is 0. The maximum absolute atomic E-state index is 10.9. The Morgan fingerprint density at radius 2 is 2.00 bits per heavy atom. The zero-order chi connectivity index (χ0) is 14.5. The number of benzene rings is 1. The first-order chi connectivity index (χ1) is 9.60. The third-order valence-electron chi connectivity index (χ3n) is 2.48. The highest BCUT2D eigenvalue weighted by Crippen LogP contribution is 2.18. The van der Waals surface area contributed by atoms with E-state index in [0.717, 1.165) is 5.56 Å².